The second kappa shape index (κ2) is 8.64. The van der Waals surface area contributed by atoms with E-state index in [1.807, 2.05) is 47.6 Å². The van der Waals surface area contributed by atoms with Crippen LogP contribution in [0, 0.1) is 19.8 Å². The van der Waals surface area contributed by atoms with E-state index in [0.717, 1.165) is 11.4 Å². The first-order valence-electron chi connectivity index (χ1n) is 9.16. The largest absolute Gasteiger partial charge is 0.373 e. The van der Waals surface area contributed by atoms with Crippen LogP contribution in [0.2, 0.25) is 0 Å². The van der Waals surface area contributed by atoms with Gasteiger partial charge in [0.1, 0.15) is 6.54 Å². The molecule has 0 saturated carbocycles. The van der Waals surface area contributed by atoms with Gasteiger partial charge >= 0.3 is 0 Å². The molecule has 1 aliphatic heterocycles. The summed E-state index contributed by atoms with van der Waals surface area (Å²) in [6.07, 6.45) is 0.154. The number of carbonyl (C=O) groups excluding carboxylic acids is 2. The molecule has 2 amide bonds. The number of aryl methyl sites for hydroxylation is 2. The smallest absolute Gasteiger partial charge is 0.260 e. The molecular formula is C18H31N5O3. The van der Waals surface area contributed by atoms with Gasteiger partial charge in [-0.15, -0.1) is 0 Å². The predicted octanol–water partition coefficient (Wildman–Crippen LogP) is 0.781. The maximum absolute atomic E-state index is 12.7. The number of amides is 2. The average Bonchev–Trinajstić information content (AvgIpc) is 2.81. The zero-order valence-electron chi connectivity index (χ0n) is 16.6. The average molecular weight is 365 g/mol. The SMILES string of the molecule is Cc1cc(C)n(CC(=O)NNC(=O)C(C(C)C)N2CC(C)OC(C)C2)n1. The fraction of sp³-hybridized carbons (Fsp3) is 0.722. The van der Waals surface area contributed by atoms with Crippen LogP contribution < -0.4 is 10.9 Å². The number of rotatable bonds is 5. The van der Waals surface area contributed by atoms with Gasteiger partial charge in [0.2, 0.25) is 0 Å². The normalized spacial score (nSPS) is 22.3. The van der Waals surface area contributed by atoms with Crippen LogP contribution in [-0.2, 0) is 20.9 Å². The quantitative estimate of drug-likeness (QED) is 0.753. The van der Waals surface area contributed by atoms with Crippen molar-refractivity contribution in [1.29, 1.82) is 0 Å². The summed E-state index contributed by atoms with van der Waals surface area (Å²) in [5, 5.41) is 4.25. The molecule has 0 radical (unpaired) electrons. The fourth-order valence-corrected chi connectivity index (χ4v) is 3.55. The summed E-state index contributed by atoms with van der Waals surface area (Å²) in [5.41, 5.74) is 6.84. The molecule has 1 fully saturated rings. The van der Waals surface area contributed by atoms with Gasteiger partial charge < -0.3 is 4.74 Å². The molecule has 146 valence electrons. The lowest BCUT2D eigenvalue weighted by molar-refractivity contribution is -0.139. The second-order valence-electron chi connectivity index (χ2n) is 7.52. The number of nitrogens with one attached hydrogen (secondary N) is 2. The van der Waals surface area contributed by atoms with Crippen LogP contribution in [0.15, 0.2) is 6.07 Å². The Morgan fingerprint density at radius 2 is 1.85 bits per heavy atom. The predicted molar refractivity (Wildman–Crippen MR) is 98.2 cm³/mol. The topological polar surface area (TPSA) is 88.5 Å². The third-order valence-electron chi connectivity index (χ3n) is 4.46. The molecule has 2 N–H and O–H groups in total. The zero-order valence-corrected chi connectivity index (χ0v) is 16.6. The van der Waals surface area contributed by atoms with Crippen molar-refractivity contribution in [2.45, 2.75) is 66.3 Å². The van der Waals surface area contributed by atoms with Gasteiger partial charge in [-0.05, 0) is 39.7 Å². The maximum atomic E-state index is 12.7. The summed E-state index contributed by atoms with van der Waals surface area (Å²) >= 11 is 0. The summed E-state index contributed by atoms with van der Waals surface area (Å²) in [7, 11) is 0. The summed E-state index contributed by atoms with van der Waals surface area (Å²) < 4.78 is 7.36. The van der Waals surface area contributed by atoms with Crippen LogP contribution in [0.5, 0.6) is 0 Å². The lowest BCUT2D eigenvalue weighted by Gasteiger charge is -2.40. The molecular weight excluding hydrogens is 334 g/mol. The molecule has 3 unspecified atom stereocenters. The van der Waals surface area contributed by atoms with E-state index in [4.69, 9.17) is 4.74 Å². The van der Waals surface area contributed by atoms with Gasteiger partial charge in [-0.2, -0.15) is 5.10 Å². The molecule has 3 atom stereocenters. The van der Waals surface area contributed by atoms with Crippen molar-refractivity contribution in [3.63, 3.8) is 0 Å². The summed E-state index contributed by atoms with van der Waals surface area (Å²) in [6, 6.07) is 1.58. The van der Waals surface area contributed by atoms with Gasteiger partial charge in [-0.3, -0.25) is 30.0 Å². The standard InChI is InChI=1S/C18H31N5O3/c1-11(2)17(22-8-14(5)26-15(6)9-22)18(25)20-19-16(24)10-23-13(4)7-12(3)21-23/h7,11,14-15,17H,8-10H2,1-6H3,(H,19,24)(H,20,25). The number of hydrogen-bond acceptors (Lipinski definition) is 5. The highest BCUT2D eigenvalue weighted by Crippen LogP contribution is 2.18. The Morgan fingerprint density at radius 1 is 1.23 bits per heavy atom. The molecule has 0 aliphatic carbocycles. The van der Waals surface area contributed by atoms with Gasteiger partial charge in [0.15, 0.2) is 0 Å². The van der Waals surface area contributed by atoms with Crippen molar-refractivity contribution in [1.82, 2.24) is 25.5 Å². The van der Waals surface area contributed by atoms with E-state index >= 15 is 0 Å². The van der Waals surface area contributed by atoms with Crippen LogP contribution >= 0.6 is 0 Å². The number of carbonyl (C=O) groups is 2. The second-order valence-corrected chi connectivity index (χ2v) is 7.52. The van der Waals surface area contributed by atoms with Crippen molar-refractivity contribution in [2.24, 2.45) is 5.92 Å². The highest BCUT2D eigenvalue weighted by Gasteiger charge is 2.34. The number of morpholine rings is 1. The van der Waals surface area contributed by atoms with Crippen LogP contribution in [0.1, 0.15) is 39.1 Å². The Labute approximate surface area is 155 Å². The van der Waals surface area contributed by atoms with Crippen LogP contribution in [0.25, 0.3) is 0 Å². The van der Waals surface area contributed by atoms with E-state index in [1.165, 1.54) is 0 Å². The first-order valence-corrected chi connectivity index (χ1v) is 9.16. The molecule has 1 aromatic rings. The Bertz CT molecular complexity index is 633. The van der Waals surface area contributed by atoms with Gasteiger partial charge in [-0.25, -0.2) is 0 Å². The molecule has 1 aromatic heterocycles. The Morgan fingerprint density at radius 3 is 2.35 bits per heavy atom. The molecule has 8 nitrogen and oxygen atoms in total. The Hall–Kier alpha value is -1.93. The number of hydrazine groups is 1. The fourth-order valence-electron chi connectivity index (χ4n) is 3.55. The first kappa shape index (κ1) is 20.4. The third kappa shape index (κ3) is 5.28. The molecule has 2 rings (SSSR count). The minimum Gasteiger partial charge on any atom is -0.373 e. The Kier molecular flexibility index (Phi) is 6.77. The third-order valence-corrected chi connectivity index (χ3v) is 4.46. The van der Waals surface area contributed by atoms with E-state index in [0.29, 0.717) is 13.1 Å². The Balaban J connectivity index is 1.93. The van der Waals surface area contributed by atoms with Crippen molar-refractivity contribution < 1.29 is 14.3 Å². The molecule has 0 spiro atoms. The summed E-state index contributed by atoms with van der Waals surface area (Å²) in [6.45, 7) is 13.3. The lowest BCUT2D eigenvalue weighted by Crippen LogP contribution is -2.59. The monoisotopic (exact) mass is 365 g/mol. The molecule has 1 aliphatic rings. The maximum Gasteiger partial charge on any atom is 0.260 e. The lowest BCUT2D eigenvalue weighted by atomic mass is 10.00. The molecule has 1 saturated heterocycles. The van der Waals surface area contributed by atoms with Crippen molar-refractivity contribution in [3.05, 3.63) is 17.5 Å². The number of nitrogens with zero attached hydrogens (tertiary/aromatic N) is 3. The van der Waals surface area contributed by atoms with E-state index in [2.05, 4.69) is 20.9 Å². The first-order chi connectivity index (χ1) is 12.2. The van der Waals surface area contributed by atoms with Crippen LogP contribution in [0.4, 0.5) is 0 Å². The highest BCUT2D eigenvalue weighted by atomic mass is 16.5. The molecule has 26 heavy (non-hydrogen) atoms. The number of aromatic nitrogens is 2. The van der Waals surface area contributed by atoms with Gasteiger partial charge in [-0.1, -0.05) is 13.8 Å². The zero-order chi connectivity index (χ0) is 19.4. The van der Waals surface area contributed by atoms with E-state index in [9.17, 15) is 9.59 Å². The van der Waals surface area contributed by atoms with Crippen molar-refractivity contribution in [3.8, 4) is 0 Å². The van der Waals surface area contributed by atoms with E-state index < -0.39 is 0 Å². The van der Waals surface area contributed by atoms with E-state index in [-0.39, 0.29) is 42.5 Å². The van der Waals surface area contributed by atoms with Crippen molar-refractivity contribution in [2.75, 3.05) is 13.1 Å². The molecule has 0 bridgehead atoms. The van der Waals surface area contributed by atoms with E-state index in [1.54, 1.807) is 4.68 Å². The minimum atomic E-state index is -0.321. The van der Waals surface area contributed by atoms with Gasteiger partial charge in [0.05, 0.1) is 23.9 Å². The molecule has 2 heterocycles. The molecule has 8 heteroatoms. The van der Waals surface area contributed by atoms with Crippen LogP contribution in [0.3, 0.4) is 0 Å². The summed E-state index contributed by atoms with van der Waals surface area (Å²) in [5.74, 6) is -0.404. The number of hydrogen-bond donors (Lipinski definition) is 2. The summed E-state index contributed by atoms with van der Waals surface area (Å²) in [4.78, 5) is 27.0. The minimum absolute atomic E-state index is 0.0674. The van der Waals surface area contributed by atoms with Gasteiger partial charge in [0, 0.05) is 18.8 Å². The van der Waals surface area contributed by atoms with Crippen molar-refractivity contribution >= 4 is 11.8 Å². The highest BCUT2D eigenvalue weighted by molar-refractivity contribution is 5.85. The van der Waals surface area contributed by atoms with Gasteiger partial charge in [0.25, 0.3) is 11.8 Å². The molecule has 0 aromatic carbocycles. The van der Waals surface area contributed by atoms with Crippen LogP contribution in [-0.4, -0.2) is 57.8 Å². The number of ether oxygens (including phenoxy) is 1.